The second-order valence-corrected chi connectivity index (χ2v) is 6.27. The minimum absolute atomic E-state index is 0.726. The molecule has 2 nitrogen and oxygen atoms in total. The molecule has 2 fully saturated rings. The largest absolute Gasteiger partial charge is 0.298 e. The van der Waals surface area contributed by atoms with Gasteiger partial charge < -0.3 is 0 Å². The summed E-state index contributed by atoms with van der Waals surface area (Å²) in [5.41, 5.74) is 0. The van der Waals surface area contributed by atoms with Gasteiger partial charge in [0.2, 0.25) is 0 Å². The molecule has 2 heterocycles. The van der Waals surface area contributed by atoms with Crippen LogP contribution in [0.5, 0.6) is 0 Å². The van der Waals surface area contributed by atoms with Gasteiger partial charge in [0, 0.05) is 36.2 Å². The van der Waals surface area contributed by atoms with Crippen LogP contribution < -0.4 is 0 Å². The van der Waals surface area contributed by atoms with Crippen molar-refractivity contribution in [2.24, 2.45) is 0 Å². The lowest BCUT2D eigenvalue weighted by Gasteiger charge is -2.48. The average molecular weight is 287 g/mol. The van der Waals surface area contributed by atoms with Crippen LogP contribution in [0, 0.1) is 0 Å². The molecule has 2 rings (SSSR count). The molecule has 2 aliphatic rings. The number of hydrogen-bond acceptors (Lipinski definition) is 2. The highest BCUT2D eigenvalue weighted by Crippen LogP contribution is 2.26. The lowest BCUT2D eigenvalue weighted by molar-refractivity contribution is 0.0135. The van der Waals surface area contributed by atoms with E-state index in [-0.39, 0.29) is 0 Å². The summed E-state index contributed by atoms with van der Waals surface area (Å²) in [5.74, 6) is 0. The highest BCUT2D eigenvalue weighted by molar-refractivity contribution is 9.11. The Morgan fingerprint density at radius 2 is 2.19 bits per heavy atom. The number of hydrogen-bond donors (Lipinski definition) is 0. The quantitative estimate of drug-likeness (QED) is 0.787. The molecule has 0 saturated carbocycles. The Balaban J connectivity index is 1.99. The lowest BCUT2D eigenvalue weighted by Crippen LogP contribution is -2.59. The first-order chi connectivity index (χ1) is 7.70. The first-order valence-electron chi connectivity index (χ1n) is 6.52. The van der Waals surface area contributed by atoms with Crippen molar-refractivity contribution in [2.45, 2.75) is 44.7 Å². The fraction of sp³-hybridized carbons (Fsp3) is 0.846. The maximum atomic E-state index is 3.98. The predicted octanol–water partition coefficient (Wildman–Crippen LogP) is 2.84. The average Bonchev–Trinajstić information content (AvgIpc) is 2.27. The molecule has 0 N–H and O–H groups in total. The predicted molar refractivity (Wildman–Crippen MR) is 72.9 cm³/mol. The Labute approximate surface area is 108 Å². The second kappa shape index (κ2) is 5.65. The second-order valence-electron chi connectivity index (χ2n) is 5.15. The van der Waals surface area contributed by atoms with Gasteiger partial charge in [-0.2, -0.15) is 0 Å². The van der Waals surface area contributed by atoms with Crippen molar-refractivity contribution in [2.75, 3.05) is 26.2 Å². The summed E-state index contributed by atoms with van der Waals surface area (Å²) >= 11 is 3.50. The summed E-state index contributed by atoms with van der Waals surface area (Å²) in [6.07, 6.45) is 5.46. The van der Waals surface area contributed by atoms with E-state index >= 15 is 0 Å². The van der Waals surface area contributed by atoms with Gasteiger partial charge in [0.1, 0.15) is 0 Å². The molecule has 2 saturated heterocycles. The van der Waals surface area contributed by atoms with Gasteiger partial charge in [0.25, 0.3) is 0 Å². The molecule has 0 spiro atoms. The summed E-state index contributed by atoms with van der Waals surface area (Å²) in [5, 5.41) is 0. The third-order valence-corrected chi connectivity index (χ3v) is 4.25. The molecule has 2 unspecified atom stereocenters. The maximum absolute atomic E-state index is 3.98. The van der Waals surface area contributed by atoms with Crippen LogP contribution in [0.3, 0.4) is 0 Å². The SMILES string of the molecule is C=C(Br)CN1CC2CCCCN2CC1CC. The monoisotopic (exact) mass is 286 g/mol. The lowest BCUT2D eigenvalue weighted by atomic mass is 9.96. The van der Waals surface area contributed by atoms with E-state index in [9.17, 15) is 0 Å². The van der Waals surface area contributed by atoms with E-state index in [0.717, 1.165) is 23.1 Å². The molecule has 0 radical (unpaired) electrons. The van der Waals surface area contributed by atoms with Gasteiger partial charge in [-0.1, -0.05) is 35.9 Å². The molecule has 16 heavy (non-hydrogen) atoms. The fourth-order valence-corrected chi connectivity index (χ4v) is 3.44. The summed E-state index contributed by atoms with van der Waals surface area (Å²) in [4.78, 5) is 5.33. The zero-order valence-electron chi connectivity index (χ0n) is 10.3. The minimum Gasteiger partial charge on any atom is -0.298 e. The number of rotatable bonds is 3. The van der Waals surface area contributed by atoms with Gasteiger partial charge in [-0.3, -0.25) is 9.80 Å². The Bertz CT molecular complexity index is 254. The molecule has 0 bridgehead atoms. The molecule has 92 valence electrons. The van der Waals surface area contributed by atoms with Crippen LogP contribution in [0.2, 0.25) is 0 Å². The highest BCUT2D eigenvalue weighted by Gasteiger charge is 2.33. The minimum atomic E-state index is 0.726. The smallest absolute Gasteiger partial charge is 0.0298 e. The molecular weight excluding hydrogens is 264 g/mol. The van der Waals surface area contributed by atoms with Gasteiger partial charge in [0.15, 0.2) is 0 Å². The fourth-order valence-electron chi connectivity index (χ4n) is 3.11. The highest BCUT2D eigenvalue weighted by atomic mass is 79.9. The standard InChI is InChI=1S/C13H23BrN2/c1-3-12-9-15-7-5-4-6-13(15)10-16(12)8-11(2)14/h12-13H,2-10H2,1H3. The summed E-state index contributed by atoms with van der Waals surface area (Å²) < 4.78 is 1.12. The van der Waals surface area contributed by atoms with Crippen molar-refractivity contribution >= 4 is 15.9 Å². The Kier molecular flexibility index (Phi) is 4.45. The van der Waals surface area contributed by atoms with E-state index in [1.54, 1.807) is 0 Å². The number of halogens is 1. The zero-order chi connectivity index (χ0) is 11.5. The van der Waals surface area contributed by atoms with Crippen LogP contribution in [-0.4, -0.2) is 48.1 Å². The molecule has 0 aromatic rings. The van der Waals surface area contributed by atoms with Crippen molar-refractivity contribution in [1.82, 2.24) is 9.80 Å². The van der Waals surface area contributed by atoms with Crippen LogP contribution >= 0.6 is 15.9 Å². The van der Waals surface area contributed by atoms with Crippen molar-refractivity contribution < 1.29 is 0 Å². The molecule has 2 atom stereocenters. The number of nitrogens with zero attached hydrogens (tertiary/aromatic N) is 2. The molecule has 0 aliphatic carbocycles. The molecular formula is C13H23BrN2. The van der Waals surface area contributed by atoms with Gasteiger partial charge in [-0.05, 0) is 25.8 Å². The summed E-state index contributed by atoms with van der Waals surface area (Å²) in [6, 6.07) is 1.53. The van der Waals surface area contributed by atoms with Crippen molar-refractivity contribution in [3.05, 3.63) is 11.1 Å². The van der Waals surface area contributed by atoms with Crippen LogP contribution in [0.1, 0.15) is 32.6 Å². The molecule has 0 aromatic heterocycles. The Morgan fingerprint density at radius 3 is 2.88 bits per heavy atom. The van der Waals surface area contributed by atoms with Gasteiger partial charge in [0.05, 0.1) is 0 Å². The normalized spacial score (nSPS) is 32.4. The van der Waals surface area contributed by atoms with Crippen molar-refractivity contribution in [1.29, 1.82) is 0 Å². The molecule has 2 aliphatic heterocycles. The first kappa shape index (κ1) is 12.6. The Hall–Kier alpha value is 0.140. The summed E-state index contributed by atoms with van der Waals surface area (Å²) in [7, 11) is 0. The van der Waals surface area contributed by atoms with E-state index in [4.69, 9.17) is 0 Å². The van der Waals surface area contributed by atoms with Crippen LogP contribution in [0.4, 0.5) is 0 Å². The maximum Gasteiger partial charge on any atom is 0.0298 e. The van der Waals surface area contributed by atoms with E-state index in [1.807, 2.05) is 0 Å². The number of piperazine rings is 1. The molecule has 3 heteroatoms. The van der Waals surface area contributed by atoms with E-state index < -0.39 is 0 Å². The van der Waals surface area contributed by atoms with Crippen LogP contribution in [-0.2, 0) is 0 Å². The van der Waals surface area contributed by atoms with Crippen molar-refractivity contribution in [3.63, 3.8) is 0 Å². The molecule has 0 aromatic carbocycles. The third-order valence-electron chi connectivity index (χ3n) is 4.00. The van der Waals surface area contributed by atoms with Crippen molar-refractivity contribution in [3.8, 4) is 0 Å². The van der Waals surface area contributed by atoms with E-state index in [2.05, 4.69) is 39.2 Å². The van der Waals surface area contributed by atoms with Crippen LogP contribution in [0.25, 0.3) is 0 Å². The Morgan fingerprint density at radius 1 is 1.38 bits per heavy atom. The van der Waals surface area contributed by atoms with E-state index in [1.165, 1.54) is 45.3 Å². The van der Waals surface area contributed by atoms with Gasteiger partial charge >= 0.3 is 0 Å². The van der Waals surface area contributed by atoms with Gasteiger partial charge in [-0.25, -0.2) is 0 Å². The topological polar surface area (TPSA) is 6.48 Å². The summed E-state index contributed by atoms with van der Waals surface area (Å²) in [6.45, 7) is 11.1. The third kappa shape index (κ3) is 2.88. The zero-order valence-corrected chi connectivity index (χ0v) is 11.9. The van der Waals surface area contributed by atoms with Crippen LogP contribution in [0.15, 0.2) is 11.1 Å². The number of piperidine rings is 1. The number of fused-ring (bicyclic) bond motifs is 1. The van der Waals surface area contributed by atoms with E-state index in [0.29, 0.717) is 0 Å². The molecule has 0 amide bonds. The first-order valence-corrected chi connectivity index (χ1v) is 7.31. The van der Waals surface area contributed by atoms with Gasteiger partial charge in [-0.15, -0.1) is 0 Å².